The van der Waals surface area contributed by atoms with Gasteiger partial charge in [-0.15, -0.1) is 0 Å². The summed E-state index contributed by atoms with van der Waals surface area (Å²) in [6, 6.07) is 57.6. The Bertz CT molecular complexity index is 2670. The topological polar surface area (TPSA) is 54.5 Å². The highest BCUT2D eigenvalue weighted by molar-refractivity contribution is 6.02. The van der Waals surface area contributed by atoms with Gasteiger partial charge >= 0.3 is 0 Å². The molecule has 4 nitrogen and oxygen atoms in total. The number of fused-ring (bicyclic) bond motifs is 3. The van der Waals surface area contributed by atoms with Crippen LogP contribution >= 0.6 is 0 Å². The highest BCUT2D eigenvalue weighted by atomic mass is 15.0. The Morgan fingerprint density at radius 3 is 1.73 bits per heavy atom. The summed E-state index contributed by atoms with van der Waals surface area (Å²) in [5.74, 6) is 2.37. The van der Waals surface area contributed by atoms with Crippen molar-refractivity contribution in [3.8, 4) is 45.3 Å². The fraction of sp³-hybridized carbons (Fsp3) is 0.0784. The second-order valence-corrected chi connectivity index (χ2v) is 14.4. The number of nitrogens with one attached hydrogen (secondary N) is 1. The minimum atomic E-state index is 0.177. The minimum Gasteiger partial charge on any atom is -0.358 e. The van der Waals surface area contributed by atoms with E-state index in [0.717, 1.165) is 40.4 Å². The third-order valence-electron chi connectivity index (χ3n) is 11.1. The highest BCUT2D eigenvalue weighted by Gasteiger charge is 2.32. The quantitative estimate of drug-likeness (QED) is 0.179. The van der Waals surface area contributed by atoms with E-state index in [1.165, 1.54) is 44.7 Å². The largest absolute Gasteiger partial charge is 0.358 e. The molecular formula is C51H38N4. The van der Waals surface area contributed by atoms with Crippen molar-refractivity contribution in [2.75, 3.05) is 0 Å². The molecule has 0 amide bonds. The second-order valence-electron chi connectivity index (χ2n) is 14.4. The maximum Gasteiger partial charge on any atom is 0.164 e. The van der Waals surface area contributed by atoms with E-state index in [0.29, 0.717) is 17.5 Å². The molecule has 8 aromatic rings. The van der Waals surface area contributed by atoms with Crippen LogP contribution in [0.4, 0.5) is 0 Å². The number of aromatic amines is 1. The number of aryl methyl sites for hydroxylation is 1. The number of H-pyrrole nitrogens is 1. The average molecular weight is 707 g/mol. The van der Waals surface area contributed by atoms with E-state index < -0.39 is 0 Å². The highest BCUT2D eigenvalue weighted by Crippen LogP contribution is 2.48. The van der Waals surface area contributed by atoms with Gasteiger partial charge in [0.2, 0.25) is 0 Å². The molecule has 55 heavy (non-hydrogen) atoms. The molecule has 6 aromatic carbocycles. The normalized spacial score (nSPS) is 16.4. The zero-order valence-electron chi connectivity index (χ0n) is 30.3. The number of hydrogen-bond acceptors (Lipinski definition) is 3. The van der Waals surface area contributed by atoms with Gasteiger partial charge in [-0.05, 0) is 58.4 Å². The van der Waals surface area contributed by atoms with Crippen molar-refractivity contribution in [3.05, 3.63) is 216 Å². The summed E-state index contributed by atoms with van der Waals surface area (Å²) in [5, 5.41) is 1.15. The molecule has 2 heterocycles. The van der Waals surface area contributed by atoms with Gasteiger partial charge in [-0.2, -0.15) is 0 Å². The zero-order valence-corrected chi connectivity index (χ0v) is 30.3. The summed E-state index contributed by atoms with van der Waals surface area (Å²) in [6.45, 7) is 0. The molecule has 1 N–H and O–H groups in total. The molecule has 2 aromatic heterocycles. The molecule has 0 bridgehead atoms. The second kappa shape index (κ2) is 14.1. The van der Waals surface area contributed by atoms with Crippen molar-refractivity contribution in [3.63, 3.8) is 0 Å². The Labute approximate surface area is 321 Å². The Kier molecular flexibility index (Phi) is 8.42. The van der Waals surface area contributed by atoms with E-state index >= 15 is 0 Å². The molecule has 0 saturated heterocycles. The van der Waals surface area contributed by atoms with Crippen LogP contribution in [0.2, 0.25) is 0 Å². The summed E-state index contributed by atoms with van der Waals surface area (Å²) in [4.78, 5) is 19.0. The Morgan fingerprint density at radius 1 is 0.491 bits per heavy atom. The van der Waals surface area contributed by atoms with Gasteiger partial charge < -0.3 is 4.98 Å². The number of allylic oxidation sites excluding steroid dienone is 5. The number of aromatic nitrogens is 4. The first kappa shape index (κ1) is 32.7. The van der Waals surface area contributed by atoms with E-state index in [2.05, 4.69) is 157 Å². The number of rotatable bonds is 7. The van der Waals surface area contributed by atoms with E-state index in [4.69, 9.17) is 15.0 Å². The van der Waals surface area contributed by atoms with Crippen molar-refractivity contribution in [2.45, 2.75) is 24.7 Å². The molecule has 0 saturated carbocycles. The fourth-order valence-electron chi connectivity index (χ4n) is 8.41. The van der Waals surface area contributed by atoms with Crippen LogP contribution in [0.3, 0.4) is 0 Å². The lowest BCUT2D eigenvalue weighted by Crippen LogP contribution is -2.17. The Morgan fingerprint density at radius 2 is 1.07 bits per heavy atom. The van der Waals surface area contributed by atoms with Crippen molar-refractivity contribution >= 4 is 17.0 Å². The van der Waals surface area contributed by atoms with E-state index in [9.17, 15) is 0 Å². The van der Waals surface area contributed by atoms with Gasteiger partial charge in [0.15, 0.2) is 17.5 Å². The van der Waals surface area contributed by atoms with Crippen LogP contribution in [-0.2, 0) is 6.42 Å². The molecule has 2 unspecified atom stereocenters. The Balaban J connectivity index is 1.08. The standard InChI is InChI=1S/C51H38N4/c1-5-15-34(16-6-1)35-27-29-36(30-28-35)41-23-13-24-42(47(41)37-17-7-2-8-18-37)40-31-32-45-44(33-40)48-43(25-14-26-46(48)52-45)51-54-49(38-19-9-3-10-20-38)53-50(55-51)39-21-11-4-12-22-39/h1-30,33,41,47,52H,31-32H2. The molecule has 4 heteroatoms. The van der Waals surface area contributed by atoms with Crippen LogP contribution in [0.1, 0.15) is 40.6 Å². The lowest BCUT2D eigenvalue weighted by molar-refractivity contribution is 0.688. The molecule has 10 rings (SSSR count). The van der Waals surface area contributed by atoms with Crippen molar-refractivity contribution in [2.24, 2.45) is 0 Å². The lowest BCUT2D eigenvalue weighted by Gasteiger charge is -2.33. The molecular weight excluding hydrogens is 669 g/mol. The maximum absolute atomic E-state index is 5.13. The molecule has 0 radical (unpaired) electrons. The van der Waals surface area contributed by atoms with Gasteiger partial charge in [-0.25, -0.2) is 15.0 Å². The summed E-state index contributed by atoms with van der Waals surface area (Å²) < 4.78 is 0. The van der Waals surface area contributed by atoms with E-state index in [1.54, 1.807) is 0 Å². The predicted molar refractivity (Wildman–Crippen MR) is 225 cm³/mol. The number of nitrogens with zero attached hydrogens (tertiary/aromatic N) is 3. The summed E-state index contributed by atoms with van der Waals surface area (Å²) in [7, 11) is 0. The Hall–Kier alpha value is -6.91. The van der Waals surface area contributed by atoms with Gasteiger partial charge in [0.1, 0.15) is 0 Å². The monoisotopic (exact) mass is 706 g/mol. The summed E-state index contributed by atoms with van der Waals surface area (Å²) in [6.07, 6.45) is 11.3. The van der Waals surface area contributed by atoms with Crippen molar-refractivity contribution in [1.82, 2.24) is 19.9 Å². The van der Waals surface area contributed by atoms with Gasteiger partial charge in [-0.3, -0.25) is 0 Å². The first-order chi connectivity index (χ1) is 27.3. The van der Waals surface area contributed by atoms with Crippen molar-refractivity contribution < 1.29 is 0 Å². The van der Waals surface area contributed by atoms with Crippen LogP contribution in [0.15, 0.2) is 193 Å². The van der Waals surface area contributed by atoms with Crippen LogP contribution in [0, 0.1) is 0 Å². The van der Waals surface area contributed by atoms with Crippen LogP contribution in [-0.4, -0.2) is 19.9 Å². The minimum absolute atomic E-state index is 0.177. The van der Waals surface area contributed by atoms with Crippen LogP contribution < -0.4 is 0 Å². The predicted octanol–water partition coefficient (Wildman–Crippen LogP) is 12.4. The third kappa shape index (κ3) is 6.22. The van der Waals surface area contributed by atoms with Gasteiger partial charge in [0, 0.05) is 50.7 Å². The fourth-order valence-corrected chi connectivity index (χ4v) is 8.41. The molecule has 2 aliphatic carbocycles. The van der Waals surface area contributed by atoms with Crippen LogP contribution in [0.25, 0.3) is 62.3 Å². The summed E-state index contributed by atoms with van der Waals surface area (Å²) >= 11 is 0. The molecule has 262 valence electrons. The lowest BCUT2D eigenvalue weighted by atomic mass is 9.70. The SMILES string of the molecule is C1=CC(c2ccc(-c3ccccc3)cc2)C(c2ccccc2)C(C2=Cc3c([nH]c4cccc(-c5nc(-c6ccccc6)nc(-c6ccccc6)n5)c34)CC2)=C1. The zero-order chi connectivity index (χ0) is 36.6. The van der Waals surface area contributed by atoms with E-state index in [1.807, 2.05) is 36.4 Å². The average Bonchev–Trinajstić information content (AvgIpc) is 3.65. The first-order valence-electron chi connectivity index (χ1n) is 19.1. The first-order valence-corrected chi connectivity index (χ1v) is 19.1. The smallest absolute Gasteiger partial charge is 0.164 e. The van der Waals surface area contributed by atoms with Gasteiger partial charge in [0.25, 0.3) is 0 Å². The third-order valence-corrected chi connectivity index (χ3v) is 11.1. The maximum atomic E-state index is 5.13. The molecule has 0 fully saturated rings. The van der Waals surface area contributed by atoms with Gasteiger partial charge in [0.05, 0.1) is 0 Å². The van der Waals surface area contributed by atoms with E-state index in [-0.39, 0.29) is 11.8 Å². The molecule has 0 aliphatic heterocycles. The summed E-state index contributed by atoms with van der Waals surface area (Å²) in [5.41, 5.74) is 14.4. The molecule has 2 atom stereocenters. The molecule has 2 aliphatic rings. The van der Waals surface area contributed by atoms with Crippen LogP contribution in [0.5, 0.6) is 0 Å². The molecule has 0 spiro atoms. The number of benzene rings is 6. The van der Waals surface area contributed by atoms with Gasteiger partial charge in [-0.1, -0.05) is 176 Å². The van der Waals surface area contributed by atoms with Crippen molar-refractivity contribution in [1.29, 1.82) is 0 Å². The number of hydrogen-bond donors (Lipinski definition) is 1.